The molecule has 2 atom stereocenters. The first kappa shape index (κ1) is 23.8. The number of hydrogen-bond acceptors (Lipinski definition) is 4. The van der Waals surface area contributed by atoms with Gasteiger partial charge in [-0.15, -0.1) is 0 Å². The summed E-state index contributed by atoms with van der Waals surface area (Å²) in [5.74, 6) is -1.36. The number of alkyl carbamates (subject to hydrolysis) is 1. The molecule has 7 heteroatoms. The van der Waals surface area contributed by atoms with Crippen LogP contribution in [-0.2, 0) is 14.3 Å². The third-order valence-corrected chi connectivity index (χ3v) is 6.99. The summed E-state index contributed by atoms with van der Waals surface area (Å²) >= 11 is 0. The first-order valence-corrected chi connectivity index (χ1v) is 11.9. The first-order valence-electron chi connectivity index (χ1n) is 11.9. The van der Waals surface area contributed by atoms with Gasteiger partial charge >= 0.3 is 12.1 Å². The number of fused-ring (bicyclic) bond motifs is 3. The number of ether oxygens (including phenoxy) is 1. The maximum absolute atomic E-state index is 13.0. The highest BCUT2D eigenvalue weighted by atomic mass is 16.5. The number of rotatable bonds is 7. The minimum Gasteiger partial charge on any atom is -0.481 e. The van der Waals surface area contributed by atoms with Gasteiger partial charge in [0, 0.05) is 12.0 Å². The number of nitrogens with one attached hydrogen (secondary N) is 2. The summed E-state index contributed by atoms with van der Waals surface area (Å²) in [6, 6.07) is 16.0. The van der Waals surface area contributed by atoms with Crippen molar-refractivity contribution in [3.63, 3.8) is 0 Å². The number of benzene rings is 2. The summed E-state index contributed by atoms with van der Waals surface area (Å²) in [7, 11) is 0. The fourth-order valence-corrected chi connectivity index (χ4v) is 5.16. The molecule has 180 valence electrons. The molecule has 4 rings (SSSR count). The van der Waals surface area contributed by atoms with Gasteiger partial charge < -0.3 is 20.5 Å². The molecule has 2 aromatic rings. The average molecular weight is 465 g/mol. The van der Waals surface area contributed by atoms with Crippen molar-refractivity contribution in [1.29, 1.82) is 0 Å². The van der Waals surface area contributed by atoms with E-state index < -0.39 is 17.6 Å². The zero-order valence-electron chi connectivity index (χ0n) is 19.7. The fourth-order valence-electron chi connectivity index (χ4n) is 5.16. The molecule has 7 nitrogen and oxygen atoms in total. The predicted octanol–water partition coefficient (Wildman–Crippen LogP) is 4.45. The van der Waals surface area contributed by atoms with E-state index in [0.29, 0.717) is 0 Å². The van der Waals surface area contributed by atoms with Gasteiger partial charge in [0.05, 0.1) is 6.42 Å². The molecule has 1 fully saturated rings. The van der Waals surface area contributed by atoms with Crippen LogP contribution in [0.15, 0.2) is 48.5 Å². The standard InChI is InChI=1S/C27H32N2O5/c1-27(2,25(32)28-23-14-8-3-9-17(23)15-24(30)31)29-26(33)34-16-22-20-12-6-4-10-18(20)19-11-5-7-13-21(19)22/h4-7,10-13,17,22-23H,3,8-9,14-16H2,1-2H3,(H,28,32)(H,29,33)(H,30,31). The van der Waals surface area contributed by atoms with E-state index in [1.807, 2.05) is 24.3 Å². The van der Waals surface area contributed by atoms with E-state index in [9.17, 15) is 19.5 Å². The van der Waals surface area contributed by atoms with Crippen molar-refractivity contribution in [2.24, 2.45) is 5.92 Å². The molecule has 0 aliphatic heterocycles. The molecule has 1 saturated carbocycles. The molecular formula is C27H32N2O5. The quantitative estimate of drug-likeness (QED) is 0.561. The maximum atomic E-state index is 13.0. The zero-order valence-corrected chi connectivity index (χ0v) is 19.7. The molecule has 0 saturated heterocycles. The van der Waals surface area contributed by atoms with Gasteiger partial charge in [0.2, 0.25) is 5.91 Å². The highest BCUT2D eigenvalue weighted by Crippen LogP contribution is 2.44. The number of carbonyl (C=O) groups is 3. The number of carboxylic acid groups (broad SMARTS) is 1. The molecule has 0 bridgehead atoms. The Hall–Kier alpha value is -3.35. The molecule has 0 heterocycles. The van der Waals surface area contributed by atoms with Crippen LogP contribution < -0.4 is 10.6 Å². The number of carbonyl (C=O) groups excluding carboxylic acids is 2. The second kappa shape index (κ2) is 9.87. The van der Waals surface area contributed by atoms with E-state index in [1.165, 1.54) is 0 Å². The first-order chi connectivity index (χ1) is 16.3. The van der Waals surface area contributed by atoms with Crippen molar-refractivity contribution in [2.75, 3.05) is 6.61 Å². The number of amides is 2. The van der Waals surface area contributed by atoms with Crippen LogP contribution in [0, 0.1) is 5.92 Å². The van der Waals surface area contributed by atoms with Crippen LogP contribution >= 0.6 is 0 Å². The Labute approximate surface area is 199 Å². The summed E-state index contributed by atoms with van der Waals surface area (Å²) in [5.41, 5.74) is 3.34. The molecule has 0 radical (unpaired) electrons. The summed E-state index contributed by atoms with van der Waals surface area (Å²) < 4.78 is 5.58. The Morgan fingerprint density at radius 3 is 2.18 bits per heavy atom. The summed E-state index contributed by atoms with van der Waals surface area (Å²) in [6.07, 6.45) is 2.80. The molecule has 2 amide bonds. The van der Waals surface area contributed by atoms with Crippen molar-refractivity contribution in [3.05, 3.63) is 59.7 Å². The van der Waals surface area contributed by atoms with Gasteiger partial charge in [-0.25, -0.2) is 4.79 Å². The number of carboxylic acids is 1. The molecular weight excluding hydrogens is 432 g/mol. The minimum absolute atomic E-state index is 0.0329. The van der Waals surface area contributed by atoms with Gasteiger partial charge in [0.15, 0.2) is 0 Å². The Kier molecular flexibility index (Phi) is 6.91. The van der Waals surface area contributed by atoms with E-state index in [1.54, 1.807) is 13.8 Å². The highest BCUT2D eigenvalue weighted by molar-refractivity contribution is 5.89. The Morgan fingerprint density at radius 1 is 0.971 bits per heavy atom. The SMILES string of the molecule is CC(C)(NC(=O)OCC1c2ccccc2-c2ccccc21)C(=O)NC1CCCCC1CC(=O)O. The second-order valence-corrected chi connectivity index (χ2v) is 9.80. The summed E-state index contributed by atoms with van der Waals surface area (Å²) in [4.78, 5) is 36.8. The van der Waals surface area contributed by atoms with Crippen molar-refractivity contribution < 1.29 is 24.2 Å². The molecule has 0 spiro atoms. The van der Waals surface area contributed by atoms with E-state index >= 15 is 0 Å². The number of aliphatic carboxylic acids is 1. The molecule has 2 aliphatic carbocycles. The van der Waals surface area contributed by atoms with Crippen LogP contribution in [0.5, 0.6) is 0 Å². The Bertz CT molecular complexity index is 1030. The summed E-state index contributed by atoms with van der Waals surface area (Å²) in [5, 5.41) is 14.8. The lowest BCUT2D eigenvalue weighted by Gasteiger charge is -2.34. The van der Waals surface area contributed by atoms with Crippen LogP contribution in [0.2, 0.25) is 0 Å². The third-order valence-electron chi connectivity index (χ3n) is 6.99. The zero-order chi connectivity index (χ0) is 24.3. The molecule has 34 heavy (non-hydrogen) atoms. The molecule has 2 aliphatic rings. The molecule has 3 N–H and O–H groups in total. The minimum atomic E-state index is -1.20. The lowest BCUT2D eigenvalue weighted by Crippen LogP contribution is -2.58. The average Bonchev–Trinajstić information content (AvgIpc) is 3.12. The van der Waals surface area contributed by atoms with Crippen molar-refractivity contribution in [1.82, 2.24) is 10.6 Å². The van der Waals surface area contributed by atoms with Crippen LogP contribution in [0.3, 0.4) is 0 Å². The van der Waals surface area contributed by atoms with Crippen LogP contribution in [-0.4, -0.2) is 41.3 Å². The topological polar surface area (TPSA) is 105 Å². The van der Waals surface area contributed by atoms with Gasteiger partial charge in [-0.1, -0.05) is 61.4 Å². The van der Waals surface area contributed by atoms with Gasteiger partial charge in [-0.3, -0.25) is 9.59 Å². The van der Waals surface area contributed by atoms with Crippen LogP contribution in [0.1, 0.15) is 63.0 Å². The van der Waals surface area contributed by atoms with E-state index in [4.69, 9.17) is 4.74 Å². The Morgan fingerprint density at radius 2 is 1.56 bits per heavy atom. The predicted molar refractivity (Wildman–Crippen MR) is 128 cm³/mol. The summed E-state index contributed by atoms with van der Waals surface area (Å²) in [6.45, 7) is 3.42. The maximum Gasteiger partial charge on any atom is 0.408 e. The molecule has 2 aromatic carbocycles. The van der Waals surface area contributed by atoms with Crippen molar-refractivity contribution in [3.8, 4) is 11.1 Å². The monoisotopic (exact) mass is 464 g/mol. The highest BCUT2D eigenvalue weighted by Gasteiger charge is 2.36. The third kappa shape index (κ3) is 5.08. The van der Waals surface area contributed by atoms with Crippen LogP contribution in [0.4, 0.5) is 4.79 Å². The fraction of sp³-hybridized carbons (Fsp3) is 0.444. The molecule has 2 unspecified atom stereocenters. The van der Waals surface area contributed by atoms with E-state index in [2.05, 4.69) is 34.9 Å². The van der Waals surface area contributed by atoms with E-state index in [-0.39, 0.29) is 36.8 Å². The largest absolute Gasteiger partial charge is 0.481 e. The normalized spacial score (nSPS) is 19.6. The lowest BCUT2D eigenvalue weighted by molar-refractivity contribution is -0.139. The van der Waals surface area contributed by atoms with Crippen molar-refractivity contribution >= 4 is 18.0 Å². The molecule has 0 aromatic heterocycles. The van der Waals surface area contributed by atoms with Gasteiger partial charge in [0.1, 0.15) is 12.1 Å². The number of hydrogen-bond donors (Lipinski definition) is 3. The second-order valence-electron chi connectivity index (χ2n) is 9.80. The van der Waals surface area contributed by atoms with Gasteiger partial charge in [-0.2, -0.15) is 0 Å². The smallest absolute Gasteiger partial charge is 0.408 e. The lowest BCUT2D eigenvalue weighted by atomic mass is 9.82. The van der Waals surface area contributed by atoms with E-state index in [0.717, 1.165) is 47.9 Å². The van der Waals surface area contributed by atoms with Gasteiger partial charge in [0.25, 0.3) is 0 Å². The Balaban J connectivity index is 1.36. The van der Waals surface area contributed by atoms with Crippen molar-refractivity contribution in [2.45, 2.75) is 63.5 Å². The van der Waals surface area contributed by atoms with Crippen LogP contribution in [0.25, 0.3) is 11.1 Å². The van der Waals surface area contributed by atoms with Gasteiger partial charge in [-0.05, 0) is 54.9 Å².